The molecule has 1 aliphatic rings. The number of guanidine groups is 5. The SMILES string of the molecule is CC[C@H](C)[C@H](NC(=O)[C@@H](NC(=O)[C@H](CCCN=C(N)N)NC(=O)[C@@H](NC(=O)[C@H](CCCN=C(N)N)NC(=O)[C@H](CCCN=C(N)N)NC(=O)[C@@H](NC(=O)[C@H](CCCN=C(N)N)NC(=O)[C@@H](NC(=O)[C@H](CC(C)C)NC(=O)[C@@H](NC(=O)[C@@H]1CCCN1C(=O)[C@@H](N)CCCN=C(N)N)[C@@H](C)CC)[C@@H](C)CC)C(C)C)[C@@H](C)CC)C(C)C)C(=O)O. The predicted octanol–water partition coefficient (Wildman–Crippen LogP) is -4.47. The number of carbonyl (C=O) groups excluding carboxylic acids is 12. The van der Waals surface area contributed by atoms with Crippen LogP contribution in [0.15, 0.2) is 25.0 Å². The second kappa shape index (κ2) is 54.4. The largest absolute Gasteiger partial charge is 0.480 e. The van der Waals surface area contributed by atoms with Crippen LogP contribution in [0, 0.1) is 41.4 Å². The van der Waals surface area contributed by atoms with Crippen LogP contribution in [0.4, 0.5) is 0 Å². The van der Waals surface area contributed by atoms with Crippen molar-refractivity contribution in [1.82, 2.24) is 63.4 Å². The molecule has 34 N–H and O–H groups in total. The summed E-state index contributed by atoms with van der Waals surface area (Å²) in [7, 11) is 0. The third kappa shape index (κ3) is 38.8. The molecule has 1 aliphatic heterocycles. The Labute approximate surface area is 688 Å². The first-order valence-corrected chi connectivity index (χ1v) is 40.8. The second-order valence-electron chi connectivity index (χ2n) is 31.3. The third-order valence-electron chi connectivity index (χ3n) is 20.4. The van der Waals surface area contributed by atoms with Crippen molar-refractivity contribution in [2.75, 3.05) is 39.3 Å². The molecular formula is C75H142N28O14. The summed E-state index contributed by atoms with van der Waals surface area (Å²) < 4.78 is 0. The molecule has 0 aromatic heterocycles. The summed E-state index contributed by atoms with van der Waals surface area (Å²) in [5.41, 5.74) is 62.2. The van der Waals surface area contributed by atoms with Crippen molar-refractivity contribution in [3.05, 3.63) is 0 Å². The summed E-state index contributed by atoms with van der Waals surface area (Å²) >= 11 is 0. The molecule has 0 aliphatic carbocycles. The van der Waals surface area contributed by atoms with Crippen molar-refractivity contribution in [1.29, 1.82) is 0 Å². The van der Waals surface area contributed by atoms with Crippen LogP contribution < -0.4 is 122 Å². The van der Waals surface area contributed by atoms with Gasteiger partial charge in [-0.1, -0.05) is 123 Å². The second-order valence-corrected chi connectivity index (χ2v) is 31.3. The number of rotatable bonds is 56. The fourth-order valence-electron chi connectivity index (χ4n) is 12.6. The van der Waals surface area contributed by atoms with Crippen molar-refractivity contribution >= 4 is 107 Å². The average Bonchev–Trinajstić information content (AvgIpc) is 1.77. The predicted molar refractivity (Wildman–Crippen MR) is 448 cm³/mol. The lowest BCUT2D eigenvalue weighted by Gasteiger charge is -2.32. The fourth-order valence-corrected chi connectivity index (χ4v) is 12.6. The monoisotopic (exact) mass is 1660 g/mol. The number of aliphatic imine (C=N–C) groups is 5. The van der Waals surface area contributed by atoms with E-state index in [9.17, 15) is 67.4 Å². The molecule has 0 bridgehead atoms. The Kier molecular flexibility index (Phi) is 48.5. The first-order valence-electron chi connectivity index (χ1n) is 40.8. The molecule has 1 rings (SSSR count). The first-order chi connectivity index (χ1) is 54.9. The Morgan fingerprint density at radius 1 is 0.350 bits per heavy atom. The summed E-state index contributed by atoms with van der Waals surface area (Å²) in [5, 5.41) is 40.1. The van der Waals surface area contributed by atoms with Crippen molar-refractivity contribution in [2.45, 2.75) is 285 Å². The van der Waals surface area contributed by atoms with Gasteiger partial charge in [-0.25, -0.2) is 4.79 Å². The van der Waals surface area contributed by atoms with Crippen molar-refractivity contribution in [2.24, 2.45) is 129 Å². The number of nitrogens with zero attached hydrogens (tertiary/aromatic N) is 6. The number of hydrogen-bond donors (Lipinski definition) is 23. The van der Waals surface area contributed by atoms with E-state index in [1.54, 1.807) is 76.2 Å². The zero-order valence-corrected chi connectivity index (χ0v) is 71.1. The van der Waals surface area contributed by atoms with Crippen molar-refractivity contribution in [3.63, 3.8) is 0 Å². The molecule has 42 heteroatoms. The molecule has 0 unspecified atom stereocenters. The number of carboxylic acids is 1. The number of nitrogens with one attached hydrogen (secondary N) is 11. The van der Waals surface area contributed by atoms with Crippen LogP contribution in [0.2, 0.25) is 0 Å². The molecule has 0 radical (unpaired) electrons. The summed E-state index contributed by atoms with van der Waals surface area (Å²) in [4.78, 5) is 208. The Morgan fingerprint density at radius 2 is 0.607 bits per heavy atom. The van der Waals surface area contributed by atoms with Crippen LogP contribution in [-0.2, 0) is 62.3 Å². The highest BCUT2D eigenvalue weighted by Gasteiger charge is 2.42. The number of carboxylic acid groups (broad SMARTS) is 1. The minimum Gasteiger partial charge on any atom is -0.480 e. The highest BCUT2D eigenvalue weighted by Crippen LogP contribution is 2.23. The molecular weight excluding hydrogens is 1520 g/mol. The zero-order chi connectivity index (χ0) is 89.1. The molecule has 17 atom stereocenters. The quantitative estimate of drug-likeness (QED) is 0.0155. The molecule has 1 fully saturated rings. The normalized spacial score (nSPS) is 16.6. The van der Waals surface area contributed by atoms with Gasteiger partial charge in [-0.2, -0.15) is 0 Å². The van der Waals surface area contributed by atoms with Crippen LogP contribution in [0.3, 0.4) is 0 Å². The topological polar surface area (TPSA) is 726 Å². The van der Waals surface area contributed by atoms with Gasteiger partial charge in [-0.3, -0.25) is 82.5 Å². The summed E-state index contributed by atoms with van der Waals surface area (Å²) in [6, 6.07) is -16.9. The van der Waals surface area contributed by atoms with E-state index in [1.165, 1.54) is 4.90 Å². The van der Waals surface area contributed by atoms with Gasteiger partial charge in [-0.05, 0) is 125 Å². The summed E-state index contributed by atoms with van der Waals surface area (Å²) in [6.07, 6.45) is 2.73. The maximum absolute atomic E-state index is 14.9. The lowest BCUT2D eigenvalue weighted by atomic mass is 9.95. The molecule has 0 aromatic carbocycles. The average molecular weight is 1660 g/mol. The number of aliphatic carboxylic acids is 1. The highest BCUT2D eigenvalue weighted by atomic mass is 16.4. The van der Waals surface area contributed by atoms with Crippen LogP contribution >= 0.6 is 0 Å². The summed E-state index contributed by atoms with van der Waals surface area (Å²) in [5.74, 6) is -15.6. The maximum Gasteiger partial charge on any atom is 0.326 e. The van der Waals surface area contributed by atoms with Crippen LogP contribution in [0.1, 0.15) is 206 Å². The number of amides is 12. The van der Waals surface area contributed by atoms with E-state index in [2.05, 4.69) is 83.4 Å². The van der Waals surface area contributed by atoms with Crippen LogP contribution in [0.25, 0.3) is 0 Å². The first kappa shape index (κ1) is 104. The minimum absolute atomic E-state index is 0.0119. The van der Waals surface area contributed by atoms with Gasteiger partial charge in [0.2, 0.25) is 70.9 Å². The van der Waals surface area contributed by atoms with Gasteiger partial charge >= 0.3 is 5.97 Å². The molecule has 666 valence electrons. The molecule has 12 amide bonds. The Morgan fingerprint density at radius 3 is 0.915 bits per heavy atom. The van der Waals surface area contributed by atoms with Gasteiger partial charge in [0.25, 0.3) is 0 Å². The zero-order valence-electron chi connectivity index (χ0n) is 71.1. The van der Waals surface area contributed by atoms with Gasteiger partial charge in [0.05, 0.1) is 6.04 Å². The van der Waals surface area contributed by atoms with Gasteiger partial charge in [0.15, 0.2) is 29.8 Å². The van der Waals surface area contributed by atoms with Crippen LogP contribution in [-0.4, -0.2) is 234 Å². The van der Waals surface area contributed by atoms with E-state index < -0.39 is 191 Å². The standard InChI is InChI=1S/C75H142N28O14/c1-15-41(11)54(66(112)94-49(29-23-35-91-75(85)86)60(106)98-53(40(9)10)65(111)102-57(70(116)117)44(14)18-4)99-61(107)47(27-21-33-89-73(81)82)92-58(104)46(26-20-32-88-72(79)80)93-64(110)52(39(7)8)97-59(105)48(28-22-34-90-74(83)84)95-67(113)55(42(12)16-2)100-62(108)50(37-38(5)6)96-68(114)56(43(13)17-3)101-63(109)51-30-24-36-103(51)69(115)45(76)25-19-31-87-71(77)78/h38-57H,15-37,76H2,1-14H3,(H,92,104)(H,93,110)(H,94,112)(H,95,113)(H,96,114)(H,97,105)(H,98,106)(H,99,107)(H,100,108)(H,101,109)(H,102,111)(H,116,117)(H4,77,78,87)(H4,79,80,88)(H4,81,82,89)(H4,83,84,90)(H4,85,86,91)/t41-,42-,43-,44-,45-,46-,47-,48-,49-,50-,51-,52-,53-,54-,55-,56-,57-/m0/s1. The van der Waals surface area contributed by atoms with E-state index in [-0.39, 0.29) is 146 Å². The van der Waals surface area contributed by atoms with Gasteiger partial charge in [0.1, 0.15) is 72.5 Å². The number of likely N-dealkylation sites (tertiary alicyclic amines) is 1. The third-order valence-corrected chi connectivity index (χ3v) is 20.4. The van der Waals surface area contributed by atoms with Gasteiger partial charge < -0.3 is 132 Å². The number of nitrogens with two attached hydrogens (primary N) is 11. The van der Waals surface area contributed by atoms with Crippen molar-refractivity contribution in [3.8, 4) is 0 Å². The smallest absolute Gasteiger partial charge is 0.326 e. The Hall–Kier alpha value is -10.6. The number of hydrogen-bond acceptors (Lipinski definition) is 19. The van der Waals surface area contributed by atoms with E-state index in [0.29, 0.717) is 38.5 Å². The maximum atomic E-state index is 14.9. The van der Waals surface area contributed by atoms with Gasteiger partial charge in [0, 0.05) is 39.3 Å². The van der Waals surface area contributed by atoms with Crippen LogP contribution in [0.5, 0.6) is 0 Å². The van der Waals surface area contributed by atoms with E-state index >= 15 is 0 Å². The molecule has 0 spiro atoms. The van der Waals surface area contributed by atoms with E-state index in [4.69, 9.17) is 63.1 Å². The molecule has 0 aromatic rings. The molecule has 1 saturated heterocycles. The lowest BCUT2D eigenvalue weighted by molar-refractivity contribution is -0.144. The molecule has 117 heavy (non-hydrogen) atoms. The summed E-state index contributed by atoms with van der Waals surface area (Å²) in [6.45, 7) is 24.4. The van der Waals surface area contributed by atoms with E-state index in [1.807, 2.05) is 20.8 Å². The van der Waals surface area contributed by atoms with E-state index in [0.717, 1.165) is 0 Å². The fraction of sp³-hybridized carbons (Fsp3) is 0.760. The molecule has 42 nitrogen and oxygen atoms in total. The Bertz CT molecular complexity index is 3370. The molecule has 0 saturated carbocycles. The highest BCUT2D eigenvalue weighted by molar-refractivity contribution is 6.00. The Balaban J connectivity index is 3.87. The van der Waals surface area contributed by atoms with Gasteiger partial charge in [-0.15, -0.1) is 0 Å². The lowest BCUT2D eigenvalue weighted by Crippen LogP contribution is -2.62. The number of carbonyl (C=O) groups is 13. The van der Waals surface area contributed by atoms with Crippen molar-refractivity contribution < 1.29 is 67.4 Å². The molecule has 1 heterocycles. The minimum atomic E-state index is -1.50.